The van der Waals surface area contributed by atoms with Gasteiger partial charge < -0.3 is 19.2 Å². The van der Waals surface area contributed by atoms with Crippen LogP contribution in [-0.4, -0.2) is 57.0 Å². The molecule has 0 aliphatic carbocycles. The van der Waals surface area contributed by atoms with Gasteiger partial charge in [-0.25, -0.2) is 0 Å². The van der Waals surface area contributed by atoms with Crippen LogP contribution in [0, 0.1) is 0 Å². The molecule has 1 N–H and O–H groups in total. The Morgan fingerprint density at radius 2 is 1.41 bits per heavy atom. The summed E-state index contributed by atoms with van der Waals surface area (Å²) in [5, 5.41) is 3.65. The predicted octanol–water partition coefficient (Wildman–Crippen LogP) is 4.95. The summed E-state index contributed by atoms with van der Waals surface area (Å²) in [5.41, 5.74) is 0. The third-order valence-electron chi connectivity index (χ3n) is 5.20. The number of hydrogen-bond acceptors (Lipinski definition) is 4. The Hall–Kier alpha value is 0.274. The maximum absolute atomic E-state index is 6.31. The number of rotatable bonds is 21. The summed E-state index contributed by atoms with van der Waals surface area (Å²) >= 11 is 0. The maximum Gasteiger partial charge on any atom is 0.192 e. The summed E-state index contributed by atoms with van der Waals surface area (Å²) in [4.78, 5) is 0. The van der Waals surface area contributed by atoms with Crippen LogP contribution in [0.2, 0.25) is 30.2 Å². The molecule has 0 aliphatic rings. The van der Waals surface area contributed by atoms with Gasteiger partial charge in [-0.15, -0.1) is 0 Å². The molecule has 4 nitrogen and oxygen atoms in total. The van der Waals surface area contributed by atoms with Gasteiger partial charge in [0.15, 0.2) is 14.6 Å². The highest BCUT2D eigenvalue weighted by Crippen LogP contribution is 2.23. The fourth-order valence-corrected chi connectivity index (χ4v) is 8.09. The first-order valence-electron chi connectivity index (χ1n) is 11.8. The van der Waals surface area contributed by atoms with Crippen molar-refractivity contribution in [3.8, 4) is 0 Å². The molecule has 0 spiro atoms. The van der Waals surface area contributed by atoms with E-state index in [4.69, 9.17) is 13.9 Å². The second-order valence-electron chi connectivity index (χ2n) is 7.61. The van der Waals surface area contributed by atoms with Crippen LogP contribution in [0.25, 0.3) is 0 Å². The van der Waals surface area contributed by atoms with Crippen LogP contribution in [0.3, 0.4) is 0 Å². The fraction of sp³-hybridized carbons (Fsp3) is 1.00. The van der Waals surface area contributed by atoms with Crippen molar-refractivity contribution in [1.29, 1.82) is 0 Å². The van der Waals surface area contributed by atoms with Crippen LogP contribution in [-0.2, 0) is 13.9 Å². The Morgan fingerprint density at radius 1 is 0.815 bits per heavy atom. The highest BCUT2D eigenvalue weighted by molar-refractivity contribution is 6.73. The number of nitrogens with one attached hydrogen (secondary N) is 1. The van der Waals surface area contributed by atoms with Crippen molar-refractivity contribution < 1.29 is 13.9 Å². The molecule has 0 saturated heterocycles. The van der Waals surface area contributed by atoms with Crippen molar-refractivity contribution in [3.63, 3.8) is 0 Å². The lowest BCUT2D eigenvalue weighted by molar-refractivity contribution is -0.129. The van der Waals surface area contributed by atoms with Gasteiger partial charge in [0, 0.05) is 29.3 Å². The third kappa shape index (κ3) is 14.9. The van der Waals surface area contributed by atoms with E-state index in [0.717, 1.165) is 58.2 Å². The average molecular weight is 420 g/mol. The second kappa shape index (κ2) is 19.6. The molecule has 0 unspecified atom stereocenters. The Kier molecular flexibility index (Phi) is 19.8. The molecule has 0 aromatic rings. The monoisotopic (exact) mass is 419 g/mol. The van der Waals surface area contributed by atoms with Crippen LogP contribution in [0.1, 0.15) is 66.7 Å². The van der Waals surface area contributed by atoms with Gasteiger partial charge in [-0.1, -0.05) is 40.7 Å². The molecule has 0 saturated carbocycles. The third-order valence-corrected chi connectivity index (χ3v) is 11.7. The summed E-state index contributed by atoms with van der Waals surface area (Å²) < 4.78 is 18.0. The molecule has 0 bridgehead atoms. The van der Waals surface area contributed by atoms with E-state index >= 15 is 0 Å². The molecule has 0 rings (SSSR count). The van der Waals surface area contributed by atoms with E-state index in [1.807, 2.05) is 0 Å². The van der Waals surface area contributed by atoms with Crippen molar-refractivity contribution in [2.75, 3.05) is 32.9 Å². The summed E-state index contributed by atoms with van der Waals surface area (Å²) in [7, 11) is -1.52. The molecular formula is C21H49NO3Si2. The van der Waals surface area contributed by atoms with E-state index in [0.29, 0.717) is 0 Å². The zero-order chi connectivity index (χ0) is 20.2. The van der Waals surface area contributed by atoms with Crippen molar-refractivity contribution in [2.24, 2.45) is 0 Å². The zero-order valence-electron chi connectivity index (χ0n) is 19.1. The smallest absolute Gasteiger partial charge is 0.192 e. The quantitative estimate of drug-likeness (QED) is 0.162. The molecule has 27 heavy (non-hydrogen) atoms. The molecule has 0 fully saturated rings. The summed E-state index contributed by atoms with van der Waals surface area (Å²) in [5.74, 6) is 0. The molecular weight excluding hydrogens is 370 g/mol. The lowest BCUT2D eigenvalue weighted by Gasteiger charge is -2.29. The standard InChI is InChI=1S/C21H49NO3Si2/c1-6-15-23-21(24-16-7-2)20-26-18-11-13-22-14-12-19-27(9-4,10-5)25-17-8-3/h21-22H,6-20,26H2,1-5H3. The minimum atomic E-state index is -1.44. The van der Waals surface area contributed by atoms with E-state index in [1.54, 1.807) is 0 Å². The van der Waals surface area contributed by atoms with E-state index in [-0.39, 0.29) is 15.8 Å². The van der Waals surface area contributed by atoms with Crippen LogP contribution in [0.5, 0.6) is 0 Å². The predicted molar refractivity (Wildman–Crippen MR) is 124 cm³/mol. The Balaban J connectivity index is 3.71. The van der Waals surface area contributed by atoms with Gasteiger partial charge in [0.2, 0.25) is 0 Å². The SMILES string of the molecule is CCCOC(C[SiH2]CCCNCCC[Si](CC)(CC)OCCC)OCCC. The highest BCUT2D eigenvalue weighted by atomic mass is 28.4. The lowest BCUT2D eigenvalue weighted by Crippen LogP contribution is -2.37. The molecule has 0 aromatic heterocycles. The van der Waals surface area contributed by atoms with Crippen LogP contribution in [0.15, 0.2) is 0 Å². The fourth-order valence-electron chi connectivity index (χ4n) is 3.31. The van der Waals surface area contributed by atoms with Gasteiger partial charge in [-0.05, 0) is 69.4 Å². The van der Waals surface area contributed by atoms with Gasteiger partial charge >= 0.3 is 0 Å². The first-order chi connectivity index (χ1) is 13.2. The van der Waals surface area contributed by atoms with Gasteiger partial charge in [0.25, 0.3) is 0 Å². The van der Waals surface area contributed by atoms with Crippen LogP contribution < -0.4 is 5.32 Å². The van der Waals surface area contributed by atoms with Crippen molar-refractivity contribution in [1.82, 2.24) is 5.32 Å². The van der Waals surface area contributed by atoms with Gasteiger partial charge in [0.05, 0.1) is 0 Å². The normalized spacial score (nSPS) is 12.7. The molecule has 0 aromatic carbocycles. The number of ether oxygens (including phenoxy) is 2. The van der Waals surface area contributed by atoms with Crippen molar-refractivity contribution >= 4 is 17.8 Å². The van der Waals surface area contributed by atoms with Gasteiger partial charge in [-0.3, -0.25) is 0 Å². The van der Waals surface area contributed by atoms with E-state index < -0.39 is 8.32 Å². The highest BCUT2D eigenvalue weighted by Gasteiger charge is 2.29. The van der Waals surface area contributed by atoms with Crippen molar-refractivity contribution in [2.45, 2.75) is 103 Å². The molecule has 0 heterocycles. The summed E-state index contributed by atoms with van der Waals surface area (Å²) in [6, 6.07) is 6.38. The van der Waals surface area contributed by atoms with Gasteiger partial charge in [0.1, 0.15) is 0 Å². The zero-order valence-corrected chi connectivity index (χ0v) is 21.5. The first kappa shape index (κ1) is 27.3. The van der Waals surface area contributed by atoms with Crippen molar-refractivity contribution in [3.05, 3.63) is 0 Å². The maximum atomic E-state index is 6.31. The minimum absolute atomic E-state index is 0.0637. The van der Waals surface area contributed by atoms with E-state index in [9.17, 15) is 0 Å². The molecule has 0 atom stereocenters. The Bertz CT molecular complexity index is 297. The number of hydrogen-bond donors (Lipinski definition) is 1. The minimum Gasteiger partial charge on any atom is -0.417 e. The molecule has 6 heteroatoms. The largest absolute Gasteiger partial charge is 0.417 e. The summed E-state index contributed by atoms with van der Waals surface area (Å²) in [6.07, 6.45) is 5.92. The van der Waals surface area contributed by atoms with E-state index in [1.165, 1.54) is 37.0 Å². The van der Waals surface area contributed by atoms with Crippen LogP contribution >= 0.6 is 0 Å². The molecule has 0 amide bonds. The Labute approximate surface area is 173 Å². The summed E-state index contributed by atoms with van der Waals surface area (Å²) in [6.45, 7) is 16.1. The van der Waals surface area contributed by atoms with Gasteiger partial charge in [-0.2, -0.15) is 0 Å². The van der Waals surface area contributed by atoms with Crippen LogP contribution in [0.4, 0.5) is 0 Å². The topological polar surface area (TPSA) is 39.7 Å². The Morgan fingerprint density at radius 3 is 1.96 bits per heavy atom. The first-order valence-corrected chi connectivity index (χ1v) is 16.3. The molecule has 0 radical (unpaired) electrons. The lowest BCUT2D eigenvalue weighted by atomic mass is 10.4. The average Bonchev–Trinajstić information content (AvgIpc) is 2.70. The van der Waals surface area contributed by atoms with E-state index in [2.05, 4.69) is 39.9 Å². The second-order valence-corrected chi connectivity index (χ2v) is 14.2. The molecule has 0 aliphatic heterocycles. The molecule has 164 valence electrons.